The minimum atomic E-state index is -4.43. The third kappa shape index (κ3) is 7.13. The van der Waals surface area contributed by atoms with E-state index in [0.717, 1.165) is 17.7 Å². The van der Waals surface area contributed by atoms with Gasteiger partial charge in [0.15, 0.2) is 0 Å². The van der Waals surface area contributed by atoms with Crippen molar-refractivity contribution in [3.63, 3.8) is 0 Å². The van der Waals surface area contributed by atoms with Crippen LogP contribution in [0.25, 0.3) is 0 Å². The normalized spacial score (nSPS) is 12.4. The van der Waals surface area contributed by atoms with Crippen molar-refractivity contribution in [3.8, 4) is 0 Å². The highest BCUT2D eigenvalue weighted by atomic mass is 19.4. The van der Waals surface area contributed by atoms with Crippen molar-refractivity contribution in [2.45, 2.75) is 37.9 Å². The average molecular weight is 379 g/mol. The number of halogens is 3. The van der Waals surface area contributed by atoms with Crippen LogP contribution in [0.3, 0.4) is 0 Å². The molecular weight excluding hydrogens is 359 g/mol. The molecule has 0 saturated carbocycles. The number of carbonyl (C=O) groups is 2. The molecule has 0 bridgehead atoms. The topological polar surface area (TPSA) is 66.4 Å². The smallest absolute Gasteiger partial charge is 0.416 e. The van der Waals surface area contributed by atoms with E-state index in [9.17, 15) is 22.8 Å². The van der Waals surface area contributed by atoms with Crippen LogP contribution < -0.4 is 5.32 Å². The molecule has 1 unspecified atom stereocenters. The Morgan fingerprint density at radius 2 is 1.59 bits per heavy atom. The zero-order chi connectivity index (χ0) is 19.9. The molecule has 0 spiro atoms. The summed E-state index contributed by atoms with van der Waals surface area (Å²) in [6.07, 6.45) is -3.69. The van der Waals surface area contributed by atoms with Crippen LogP contribution >= 0.6 is 0 Å². The van der Waals surface area contributed by atoms with Gasteiger partial charge in [0, 0.05) is 6.04 Å². The fourth-order valence-corrected chi connectivity index (χ4v) is 2.70. The Morgan fingerprint density at radius 1 is 0.963 bits per heavy atom. The molecule has 1 atom stereocenters. The van der Waals surface area contributed by atoms with Crippen molar-refractivity contribution >= 4 is 11.9 Å². The molecule has 0 fully saturated rings. The minimum Gasteiger partial charge on any atom is -0.481 e. The number of carboxylic acids is 1. The Bertz CT molecular complexity index is 758. The van der Waals surface area contributed by atoms with Gasteiger partial charge in [0.05, 0.1) is 18.4 Å². The molecule has 1 amide bonds. The average Bonchev–Trinajstić information content (AvgIpc) is 2.60. The van der Waals surface area contributed by atoms with Gasteiger partial charge in [-0.1, -0.05) is 42.5 Å². The molecule has 144 valence electrons. The molecule has 0 saturated heterocycles. The second kappa shape index (κ2) is 9.21. The summed E-state index contributed by atoms with van der Waals surface area (Å²) in [5.41, 5.74) is 0.681. The lowest BCUT2D eigenvalue weighted by Gasteiger charge is -2.17. The van der Waals surface area contributed by atoms with Gasteiger partial charge in [0.25, 0.3) is 0 Å². The molecule has 2 aromatic carbocycles. The molecule has 27 heavy (non-hydrogen) atoms. The van der Waals surface area contributed by atoms with Crippen LogP contribution in [0.4, 0.5) is 13.2 Å². The molecule has 0 heterocycles. The largest absolute Gasteiger partial charge is 0.481 e. The van der Waals surface area contributed by atoms with E-state index in [2.05, 4.69) is 5.32 Å². The second-order valence-corrected chi connectivity index (χ2v) is 6.26. The molecule has 0 aliphatic heterocycles. The zero-order valence-electron chi connectivity index (χ0n) is 14.5. The van der Waals surface area contributed by atoms with Crippen molar-refractivity contribution in [2.24, 2.45) is 0 Å². The number of rotatable bonds is 8. The molecular formula is C20H20F3NO3. The first-order valence-corrected chi connectivity index (χ1v) is 8.45. The SMILES string of the molecule is O=C(O)CC(CCc1ccccc1)NC(=O)Cc1ccc(C(F)(F)F)cc1. The van der Waals surface area contributed by atoms with Crippen molar-refractivity contribution in [1.82, 2.24) is 5.32 Å². The second-order valence-electron chi connectivity index (χ2n) is 6.26. The Balaban J connectivity index is 1.93. The first kappa shape index (κ1) is 20.5. The maximum Gasteiger partial charge on any atom is 0.416 e. The van der Waals surface area contributed by atoms with E-state index >= 15 is 0 Å². The number of hydrogen-bond acceptors (Lipinski definition) is 2. The Labute approximate surface area is 155 Å². The lowest BCUT2D eigenvalue weighted by Crippen LogP contribution is -2.37. The summed E-state index contributed by atoms with van der Waals surface area (Å²) in [4.78, 5) is 23.2. The van der Waals surface area contributed by atoms with Crippen LogP contribution in [0, 0.1) is 0 Å². The van der Waals surface area contributed by atoms with E-state index in [1.807, 2.05) is 30.3 Å². The summed E-state index contributed by atoms with van der Waals surface area (Å²) in [5.74, 6) is -1.45. The Kier molecular flexibility index (Phi) is 6.98. The summed E-state index contributed by atoms with van der Waals surface area (Å²) >= 11 is 0. The molecule has 0 aromatic heterocycles. The van der Waals surface area contributed by atoms with E-state index in [4.69, 9.17) is 5.11 Å². The molecule has 0 aliphatic rings. The van der Waals surface area contributed by atoms with Crippen LogP contribution in [0.1, 0.15) is 29.5 Å². The highest BCUT2D eigenvalue weighted by Gasteiger charge is 2.30. The fourth-order valence-electron chi connectivity index (χ4n) is 2.70. The van der Waals surface area contributed by atoms with Crippen molar-refractivity contribution in [3.05, 3.63) is 71.3 Å². The number of carboxylic acid groups (broad SMARTS) is 1. The molecule has 7 heteroatoms. The predicted molar refractivity (Wildman–Crippen MR) is 94.1 cm³/mol. The van der Waals surface area contributed by atoms with Gasteiger partial charge >= 0.3 is 12.1 Å². The molecule has 2 rings (SSSR count). The summed E-state index contributed by atoms with van der Waals surface area (Å²) < 4.78 is 37.7. The Hall–Kier alpha value is -2.83. The van der Waals surface area contributed by atoms with Gasteiger partial charge < -0.3 is 10.4 Å². The number of hydrogen-bond donors (Lipinski definition) is 2. The number of nitrogens with one attached hydrogen (secondary N) is 1. The van der Waals surface area contributed by atoms with Gasteiger partial charge in [-0.05, 0) is 36.1 Å². The van der Waals surface area contributed by atoms with E-state index in [-0.39, 0.29) is 12.8 Å². The third-order valence-electron chi connectivity index (χ3n) is 4.06. The standard InChI is InChI=1S/C20H20F3NO3/c21-20(22,23)16-9-6-15(7-10-16)12-18(25)24-17(13-19(26)27)11-8-14-4-2-1-3-5-14/h1-7,9-10,17H,8,11-13H2,(H,24,25)(H,26,27). The third-order valence-corrected chi connectivity index (χ3v) is 4.06. The van der Waals surface area contributed by atoms with Gasteiger partial charge in [-0.3, -0.25) is 9.59 Å². The maximum absolute atomic E-state index is 12.6. The van der Waals surface area contributed by atoms with Crippen LogP contribution in [-0.4, -0.2) is 23.0 Å². The highest BCUT2D eigenvalue weighted by molar-refractivity contribution is 5.79. The van der Waals surface area contributed by atoms with Gasteiger partial charge in [-0.2, -0.15) is 13.2 Å². The lowest BCUT2D eigenvalue weighted by atomic mass is 10.0. The predicted octanol–water partition coefficient (Wildman–Crippen LogP) is 3.84. The number of alkyl halides is 3. The molecule has 2 aromatic rings. The highest BCUT2D eigenvalue weighted by Crippen LogP contribution is 2.29. The number of benzene rings is 2. The maximum atomic E-state index is 12.6. The van der Waals surface area contributed by atoms with Gasteiger partial charge in [-0.25, -0.2) is 0 Å². The van der Waals surface area contributed by atoms with Gasteiger partial charge in [-0.15, -0.1) is 0 Å². The van der Waals surface area contributed by atoms with Crippen LogP contribution in [0.2, 0.25) is 0 Å². The van der Waals surface area contributed by atoms with Gasteiger partial charge in [0.2, 0.25) is 5.91 Å². The quantitative estimate of drug-likeness (QED) is 0.732. The van der Waals surface area contributed by atoms with Crippen molar-refractivity contribution < 1.29 is 27.9 Å². The first-order chi connectivity index (χ1) is 12.7. The molecule has 0 radical (unpaired) electrons. The van der Waals surface area contributed by atoms with Crippen LogP contribution in [0.15, 0.2) is 54.6 Å². The van der Waals surface area contributed by atoms with Crippen LogP contribution in [0.5, 0.6) is 0 Å². The van der Waals surface area contributed by atoms with Crippen molar-refractivity contribution in [2.75, 3.05) is 0 Å². The summed E-state index contributed by atoms with van der Waals surface area (Å²) in [7, 11) is 0. The number of aliphatic carboxylic acids is 1. The zero-order valence-corrected chi connectivity index (χ0v) is 14.5. The van der Waals surface area contributed by atoms with E-state index in [0.29, 0.717) is 18.4 Å². The van der Waals surface area contributed by atoms with Crippen molar-refractivity contribution in [1.29, 1.82) is 0 Å². The number of aryl methyl sites for hydroxylation is 1. The van der Waals surface area contributed by atoms with E-state index in [1.165, 1.54) is 12.1 Å². The van der Waals surface area contributed by atoms with Crippen LogP contribution in [-0.2, 0) is 28.6 Å². The summed E-state index contributed by atoms with van der Waals surface area (Å²) in [5, 5.41) is 11.7. The Morgan fingerprint density at radius 3 is 2.15 bits per heavy atom. The number of amides is 1. The minimum absolute atomic E-state index is 0.112. The van der Waals surface area contributed by atoms with E-state index in [1.54, 1.807) is 0 Å². The molecule has 0 aliphatic carbocycles. The molecule has 4 nitrogen and oxygen atoms in total. The lowest BCUT2D eigenvalue weighted by molar-refractivity contribution is -0.138. The summed E-state index contributed by atoms with van der Waals surface area (Å²) in [6.45, 7) is 0. The fraction of sp³-hybridized carbons (Fsp3) is 0.300. The number of carbonyl (C=O) groups excluding carboxylic acids is 1. The monoisotopic (exact) mass is 379 g/mol. The van der Waals surface area contributed by atoms with Gasteiger partial charge in [0.1, 0.15) is 0 Å². The van der Waals surface area contributed by atoms with E-state index < -0.39 is 29.7 Å². The molecule has 2 N–H and O–H groups in total. The summed E-state index contributed by atoms with van der Waals surface area (Å²) in [6, 6.07) is 13.3. The first-order valence-electron chi connectivity index (χ1n) is 8.45.